The van der Waals surface area contributed by atoms with Crippen LogP contribution in [0.25, 0.3) is 0 Å². The van der Waals surface area contributed by atoms with E-state index in [-0.39, 0.29) is 11.9 Å². The number of carbonyl (C=O) groups excluding carboxylic acids is 1. The van der Waals surface area contributed by atoms with Gasteiger partial charge in [-0.15, -0.1) is 11.8 Å². The van der Waals surface area contributed by atoms with Gasteiger partial charge in [0.15, 0.2) is 0 Å². The van der Waals surface area contributed by atoms with Crippen LogP contribution in [0.2, 0.25) is 0 Å². The normalized spacial score (nSPS) is 10.6. The largest absolute Gasteiger partial charge is 0.399 e. The lowest BCUT2D eigenvalue weighted by Gasteiger charge is -2.09. The predicted octanol–water partition coefficient (Wildman–Crippen LogP) is 2.58. The van der Waals surface area contributed by atoms with E-state index in [1.54, 1.807) is 11.8 Å². The number of hydrogen-bond donors (Lipinski definition) is 2. The Hall–Kier alpha value is -1.16. The van der Waals surface area contributed by atoms with Crippen LogP contribution in [0.5, 0.6) is 0 Å². The number of carbonyl (C=O) groups is 1. The number of hydrogen-bond acceptors (Lipinski definition) is 3. The molecule has 0 saturated carbocycles. The highest BCUT2D eigenvalue weighted by atomic mass is 32.2. The molecule has 4 heteroatoms. The van der Waals surface area contributed by atoms with Crippen LogP contribution in [0, 0.1) is 6.92 Å². The average Bonchev–Trinajstić information content (AvgIpc) is 2.20. The van der Waals surface area contributed by atoms with E-state index < -0.39 is 0 Å². The molecule has 0 spiro atoms. The molecule has 3 N–H and O–H groups in total. The molecule has 0 heterocycles. The van der Waals surface area contributed by atoms with Gasteiger partial charge >= 0.3 is 0 Å². The highest BCUT2D eigenvalue weighted by Crippen LogP contribution is 2.24. The fraction of sp³-hybridized carbons (Fsp3) is 0.462. The fourth-order valence-electron chi connectivity index (χ4n) is 1.48. The summed E-state index contributed by atoms with van der Waals surface area (Å²) in [5.74, 6) is 0.907. The van der Waals surface area contributed by atoms with Crippen molar-refractivity contribution in [3.63, 3.8) is 0 Å². The van der Waals surface area contributed by atoms with E-state index in [9.17, 15) is 4.79 Å². The van der Waals surface area contributed by atoms with Gasteiger partial charge in [0.1, 0.15) is 0 Å². The number of nitrogens with one attached hydrogen (secondary N) is 1. The number of aryl methyl sites for hydroxylation is 1. The molecular formula is C13H20N2OS. The van der Waals surface area contributed by atoms with E-state index in [1.165, 1.54) is 10.5 Å². The van der Waals surface area contributed by atoms with Gasteiger partial charge in [-0.25, -0.2) is 0 Å². The topological polar surface area (TPSA) is 55.1 Å². The molecule has 0 radical (unpaired) electrons. The first kappa shape index (κ1) is 13.9. The molecule has 1 aromatic carbocycles. The molecule has 1 amide bonds. The second kappa shape index (κ2) is 6.55. The standard InChI is InChI=1S/C13H20N2OS/c1-9(2)15-13(16)6-7-17-12-5-4-11(14)8-10(12)3/h4-5,8-9H,6-7,14H2,1-3H3,(H,15,16). The minimum atomic E-state index is 0.112. The van der Waals surface area contributed by atoms with Gasteiger partial charge in [0, 0.05) is 28.8 Å². The SMILES string of the molecule is Cc1cc(N)ccc1SCCC(=O)NC(C)C. The number of nitrogen functional groups attached to an aromatic ring is 1. The van der Waals surface area contributed by atoms with Crippen LogP contribution in [-0.4, -0.2) is 17.7 Å². The summed E-state index contributed by atoms with van der Waals surface area (Å²) in [4.78, 5) is 12.6. The number of anilines is 1. The van der Waals surface area contributed by atoms with Gasteiger partial charge in [-0.2, -0.15) is 0 Å². The summed E-state index contributed by atoms with van der Waals surface area (Å²) in [6.45, 7) is 5.97. The summed E-state index contributed by atoms with van der Waals surface area (Å²) >= 11 is 1.69. The maximum atomic E-state index is 11.4. The molecule has 1 aromatic rings. The number of amides is 1. The van der Waals surface area contributed by atoms with E-state index >= 15 is 0 Å². The third-order valence-electron chi connectivity index (χ3n) is 2.24. The minimum absolute atomic E-state index is 0.112. The van der Waals surface area contributed by atoms with Crippen LogP contribution >= 0.6 is 11.8 Å². The lowest BCUT2D eigenvalue weighted by molar-refractivity contribution is -0.121. The molecule has 0 aromatic heterocycles. The van der Waals surface area contributed by atoms with Crippen LogP contribution in [0.4, 0.5) is 5.69 Å². The molecule has 0 aliphatic heterocycles. The maximum Gasteiger partial charge on any atom is 0.221 e. The molecule has 0 saturated heterocycles. The number of thioether (sulfide) groups is 1. The van der Waals surface area contributed by atoms with Crippen LogP contribution in [0.15, 0.2) is 23.1 Å². The smallest absolute Gasteiger partial charge is 0.221 e. The number of rotatable bonds is 5. The molecule has 1 rings (SSSR count). The third-order valence-corrected chi connectivity index (χ3v) is 3.41. The molecular weight excluding hydrogens is 232 g/mol. The quantitative estimate of drug-likeness (QED) is 0.625. The van der Waals surface area contributed by atoms with Gasteiger partial charge in [0.05, 0.1) is 0 Å². The molecule has 17 heavy (non-hydrogen) atoms. The summed E-state index contributed by atoms with van der Waals surface area (Å²) in [7, 11) is 0. The van der Waals surface area contributed by atoms with Crippen LogP contribution in [-0.2, 0) is 4.79 Å². The predicted molar refractivity (Wildman–Crippen MR) is 74.2 cm³/mol. The highest BCUT2D eigenvalue weighted by Gasteiger charge is 2.04. The molecule has 0 fully saturated rings. The Kier molecular flexibility index (Phi) is 5.35. The van der Waals surface area contributed by atoms with Gasteiger partial charge < -0.3 is 11.1 Å². The monoisotopic (exact) mass is 252 g/mol. The first-order valence-corrected chi connectivity index (χ1v) is 6.76. The van der Waals surface area contributed by atoms with Gasteiger partial charge in [-0.1, -0.05) is 0 Å². The Labute approximate surface area is 107 Å². The lowest BCUT2D eigenvalue weighted by atomic mass is 10.2. The molecule has 0 atom stereocenters. The van der Waals surface area contributed by atoms with Crippen molar-refractivity contribution >= 4 is 23.4 Å². The summed E-state index contributed by atoms with van der Waals surface area (Å²) in [5.41, 5.74) is 7.63. The zero-order valence-electron chi connectivity index (χ0n) is 10.6. The molecule has 0 aliphatic carbocycles. The Balaban J connectivity index is 2.38. The van der Waals surface area contributed by atoms with E-state index in [0.29, 0.717) is 6.42 Å². The first-order chi connectivity index (χ1) is 7.99. The summed E-state index contributed by atoms with van der Waals surface area (Å²) in [5, 5.41) is 2.88. The van der Waals surface area contributed by atoms with Crippen molar-refractivity contribution in [1.29, 1.82) is 0 Å². The summed E-state index contributed by atoms with van der Waals surface area (Å²) in [6.07, 6.45) is 0.548. The summed E-state index contributed by atoms with van der Waals surface area (Å²) < 4.78 is 0. The van der Waals surface area contributed by atoms with Crippen molar-refractivity contribution in [2.45, 2.75) is 38.1 Å². The van der Waals surface area contributed by atoms with Gasteiger partial charge in [-0.05, 0) is 44.5 Å². The molecule has 3 nitrogen and oxygen atoms in total. The van der Waals surface area contributed by atoms with E-state index in [0.717, 1.165) is 11.4 Å². The Bertz CT molecular complexity index is 391. The highest BCUT2D eigenvalue weighted by molar-refractivity contribution is 7.99. The van der Waals surface area contributed by atoms with E-state index in [2.05, 4.69) is 5.32 Å². The molecule has 0 unspecified atom stereocenters. The maximum absolute atomic E-state index is 11.4. The zero-order valence-corrected chi connectivity index (χ0v) is 11.4. The third kappa shape index (κ3) is 5.13. The second-order valence-corrected chi connectivity index (χ2v) is 5.48. The Morgan fingerprint density at radius 1 is 1.47 bits per heavy atom. The van der Waals surface area contributed by atoms with Gasteiger partial charge in [-0.3, -0.25) is 4.79 Å². The van der Waals surface area contributed by atoms with Crippen LogP contribution in [0.3, 0.4) is 0 Å². The molecule has 94 valence electrons. The van der Waals surface area contributed by atoms with Crippen molar-refractivity contribution in [2.75, 3.05) is 11.5 Å². The van der Waals surface area contributed by atoms with Crippen molar-refractivity contribution in [2.24, 2.45) is 0 Å². The fourth-order valence-corrected chi connectivity index (χ4v) is 2.44. The molecule has 0 bridgehead atoms. The zero-order chi connectivity index (χ0) is 12.8. The lowest BCUT2D eigenvalue weighted by Crippen LogP contribution is -2.30. The Morgan fingerprint density at radius 3 is 2.76 bits per heavy atom. The molecule has 0 aliphatic rings. The van der Waals surface area contributed by atoms with Crippen LogP contribution < -0.4 is 11.1 Å². The van der Waals surface area contributed by atoms with Gasteiger partial charge in [0.2, 0.25) is 5.91 Å². The van der Waals surface area contributed by atoms with E-state index in [4.69, 9.17) is 5.73 Å². The Morgan fingerprint density at radius 2 is 2.18 bits per heavy atom. The van der Waals surface area contributed by atoms with Crippen molar-refractivity contribution in [3.05, 3.63) is 23.8 Å². The minimum Gasteiger partial charge on any atom is -0.399 e. The van der Waals surface area contributed by atoms with Crippen molar-refractivity contribution in [1.82, 2.24) is 5.32 Å². The average molecular weight is 252 g/mol. The van der Waals surface area contributed by atoms with Crippen molar-refractivity contribution < 1.29 is 4.79 Å². The number of nitrogens with two attached hydrogens (primary N) is 1. The van der Waals surface area contributed by atoms with Crippen molar-refractivity contribution in [3.8, 4) is 0 Å². The number of benzene rings is 1. The van der Waals surface area contributed by atoms with E-state index in [1.807, 2.05) is 39.0 Å². The first-order valence-electron chi connectivity index (χ1n) is 5.77. The van der Waals surface area contributed by atoms with Gasteiger partial charge in [0.25, 0.3) is 0 Å². The second-order valence-electron chi connectivity index (χ2n) is 4.35. The van der Waals surface area contributed by atoms with Crippen LogP contribution in [0.1, 0.15) is 25.8 Å². The summed E-state index contributed by atoms with van der Waals surface area (Å²) in [6, 6.07) is 6.07.